The van der Waals surface area contributed by atoms with Gasteiger partial charge in [0.05, 0.1) is 13.1 Å². The number of carbonyl (C=O) groups is 2. The van der Waals surface area contributed by atoms with Crippen LogP contribution in [0.1, 0.15) is 10.4 Å². The van der Waals surface area contributed by atoms with Crippen molar-refractivity contribution >= 4 is 55.1 Å². The third-order valence-electron chi connectivity index (χ3n) is 1.87. The highest BCUT2D eigenvalue weighted by molar-refractivity contribution is 9.12. The quantitative estimate of drug-likeness (QED) is 0.806. The predicted octanol–water partition coefficient (Wildman–Crippen LogP) is 3.36. The van der Waals surface area contributed by atoms with Gasteiger partial charge in [-0.15, -0.1) is 11.3 Å². The van der Waals surface area contributed by atoms with Gasteiger partial charge >= 0.3 is 12.1 Å². The molecule has 0 aliphatic carbocycles. The average molecular weight is 425 g/mol. The van der Waals surface area contributed by atoms with Gasteiger partial charge in [0.1, 0.15) is 13.1 Å². The first-order chi connectivity index (χ1) is 8.60. The third-order valence-corrected chi connectivity index (χ3v) is 4.21. The molecule has 10 heteroatoms. The number of hydrogen-bond donors (Lipinski definition) is 1. The molecule has 1 aromatic heterocycles. The SMILES string of the molecule is O=C(O)CN(CC(F)(F)F)C(=O)c1cc(Br)sc1Br. The number of alkyl halides is 3. The van der Waals surface area contributed by atoms with Gasteiger partial charge in [-0.1, -0.05) is 0 Å². The molecule has 0 saturated heterocycles. The molecule has 106 valence electrons. The molecule has 0 unspecified atom stereocenters. The summed E-state index contributed by atoms with van der Waals surface area (Å²) in [5, 5.41) is 8.57. The first-order valence-corrected chi connectivity index (χ1v) is 7.03. The van der Waals surface area contributed by atoms with Crippen LogP contribution in [0.4, 0.5) is 13.2 Å². The summed E-state index contributed by atoms with van der Waals surface area (Å²) in [5.41, 5.74) is -0.0117. The first-order valence-electron chi connectivity index (χ1n) is 4.63. The number of thiophene rings is 1. The predicted molar refractivity (Wildman–Crippen MR) is 69.3 cm³/mol. The molecule has 0 aliphatic heterocycles. The van der Waals surface area contributed by atoms with Crippen LogP contribution in [0.5, 0.6) is 0 Å². The van der Waals surface area contributed by atoms with Crippen LogP contribution in [0.25, 0.3) is 0 Å². The van der Waals surface area contributed by atoms with E-state index in [1.54, 1.807) is 0 Å². The van der Waals surface area contributed by atoms with Crippen LogP contribution >= 0.6 is 43.2 Å². The van der Waals surface area contributed by atoms with E-state index in [1.165, 1.54) is 6.07 Å². The second kappa shape index (κ2) is 6.23. The number of amides is 1. The number of nitrogens with zero attached hydrogens (tertiary/aromatic N) is 1. The summed E-state index contributed by atoms with van der Waals surface area (Å²) in [6.45, 7) is -2.63. The van der Waals surface area contributed by atoms with Gasteiger partial charge in [0.2, 0.25) is 0 Å². The second-order valence-electron chi connectivity index (χ2n) is 3.41. The fraction of sp³-hybridized carbons (Fsp3) is 0.333. The van der Waals surface area contributed by atoms with Crippen molar-refractivity contribution in [1.29, 1.82) is 0 Å². The van der Waals surface area contributed by atoms with Crippen molar-refractivity contribution in [2.45, 2.75) is 6.18 Å². The van der Waals surface area contributed by atoms with E-state index in [0.29, 0.717) is 7.57 Å². The molecule has 0 aromatic carbocycles. The normalized spacial score (nSPS) is 11.4. The molecule has 1 aromatic rings. The van der Waals surface area contributed by atoms with Crippen LogP contribution in [0, 0.1) is 0 Å². The van der Waals surface area contributed by atoms with Gasteiger partial charge in [-0.2, -0.15) is 13.2 Å². The Morgan fingerprint density at radius 1 is 1.37 bits per heavy atom. The van der Waals surface area contributed by atoms with E-state index in [9.17, 15) is 22.8 Å². The van der Waals surface area contributed by atoms with Crippen LogP contribution < -0.4 is 0 Å². The molecular weight excluding hydrogens is 419 g/mol. The third kappa shape index (κ3) is 5.11. The molecule has 1 heterocycles. The first kappa shape index (κ1) is 16.4. The van der Waals surface area contributed by atoms with Crippen LogP contribution in [0.15, 0.2) is 13.6 Å². The highest BCUT2D eigenvalue weighted by Crippen LogP contribution is 2.33. The van der Waals surface area contributed by atoms with Gasteiger partial charge in [-0.3, -0.25) is 9.59 Å². The van der Waals surface area contributed by atoms with Gasteiger partial charge in [0.15, 0.2) is 0 Å². The lowest BCUT2D eigenvalue weighted by Gasteiger charge is -2.21. The lowest BCUT2D eigenvalue weighted by atomic mass is 10.3. The molecule has 0 fully saturated rings. The maximum absolute atomic E-state index is 12.3. The molecule has 1 rings (SSSR count). The van der Waals surface area contributed by atoms with Crippen LogP contribution in [0.2, 0.25) is 0 Å². The smallest absolute Gasteiger partial charge is 0.406 e. The lowest BCUT2D eigenvalue weighted by Crippen LogP contribution is -2.42. The van der Waals surface area contributed by atoms with Crippen LogP contribution in [0.3, 0.4) is 0 Å². The Kier molecular flexibility index (Phi) is 5.39. The minimum atomic E-state index is -4.66. The number of rotatable bonds is 4. The molecule has 0 radical (unpaired) electrons. The van der Waals surface area contributed by atoms with Gasteiger partial charge in [0, 0.05) is 0 Å². The molecule has 0 bridgehead atoms. The van der Waals surface area contributed by atoms with E-state index in [-0.39, 0.29) is 10.5 Å². The molecular formula is C9H6Br2F3NO3S. The maximum atomic E-state index is 12.3. The van der Waals surface area contributed by atoms with Gasteiger partial charge in [0.25, 0.3) is 5.91 Å². The summed E-state index contributed by atoms with van der Waals surface area (Å²) in [4.78, 5) is 22.7. The topological polar surface area (TPSA) is 57.6 Å². The van der Waals surface area contributed by atoms with Crippen LogP contribution in [-0.4, -0.2) is 41.1 Å². The Bertz CT molecular complexity index is 503. The standard InChI is InChI=1S/C9H6Br2F3NO3S/c10-5-1-4(7(11)19-5)8(18)15(2-6(16)17)3-9(12,13)14/h1H,2-3H2,(H,16,17). The summed E-state index contributed by atoms with van der Waals surface area (Å²) >= 11 is 7.25. The van der Waals surface area contributed by atoms with Crippen molar-refractivity contribution in [3.8, 4) is 0 Å². The minimum absolute atomic E-state index is 0.0117. The number of halogens is 5. The molecule has 0 aliphatic rings. The van der Waals surface area contributed by atoms with E-state index >= 15 is 0 Å². The van der Waals surface area contributed by atoms with Crippen LogP contribution in [-0.2, 0) is 4.79 Å². The Morgan fingerprint density at radius 3 is 2.32 bits per heavy atom. The summed E-state index contributed by atoms with van der Waals surface area (Å²) in [7, 11) is 0. The largest absolute Gasteiger partial charge is 0.480 e. The molecule has 0 saturated carbocycles. The Morgan fingerprint density at radius 2 is 1.95 bits per heavy atom. The Hall–Kier alpha value is -0.610. The fourth-order valence-corrected chi connectivity index (χ4v) is 4.01. The summed E-state index contributed by atoms with van der Waals surface area (Å²) in [5.74, 6) is -2.50. The van der Waals surface area contributed by atoms with Crippen molar-refractivity contribution in [2.24, 2.45) is 0 Å². The summed E-state index contributed by atoms with van der Waals surface area (Å²) < 4.78 is 37.9. The van der Waals surface area contributed by atoms with E-state index < -0.39 is 31.1 Å². The van der Waals surface area contributed by atoms with E-state index in [2.05, 4.69) is 31.9 Å². The number of carboxylic acids is 1. The molecule has 0 atom stereocenters. The molecule has 0 spiro atoms. The number of carboxylic acid groups (broad SMARTS) is 1. The zero-order chi connectivity index (χ0) is 14.8. The number of carbonyl (C=O) groups excluding carboxylic acids is 1. The monoisotopic (exact) mass is 423 g/mol. The summed E-state index contributed by atoms with van der Waals surface area (Å²) in [6.07, 6.45) is -4.66. The van der Waals surface area contributed by atoms with Crippen molar-refractivity contribution in [3.05, 3.63) is 19.2 Å². The summed E-state index contributed by atoms with van der Waals surface area (Å²) in [6, 6.07) is 1.34. The van der Waals surface area contributed by atoms with Gasteiger partial charge in [-0.25, -0.2) is 0 Å². The molecule has 19 heavy (non-hydrogen) atoms. The second-order valence-corrected chi connectivity index (χ2v) is 7.16. The lowest BCUT2D eigenvalue weighted by molar-refractivity contribution is -0.149. The van der Waals surface area contributed by atoms with Crippen molar-refractivity contribution in [2.75, 3.05) is 13.1 Å². The van der Waals surface area contributed by atoms with Crippen molar-refractivity contribution < 1.29 is 27.9 Å². The van der Waals surface area contributed by atoms with Crippen molar-refractivity contribution in [3.63, 3.8) is 0 Å². The Labute approximate surface area is 126 Å². The number of hydrogen-bond acceptors (Lipinski definition) is 3. The Balaban J connectivity index is 3.00. The molecule has 4 nitrogen and oxygen atoms in total. The van der Waals surface area contributed by atoms with E-state index in [1.807, 2.05) is 0 Å². The molecule has 1 N–H and O–H groups in total. The average Bonchev–Trinajstić information content (AvgIpc) is 2.53. The fourth-order valence-electron chi connectivity index (χ4n) is 1.24. The zero-order valence-corrected chi connectivity index (χ0v) is 13.0. The van der Waals surface area contributed by atoms with E-state index in [0.717, 1.165) is 11.3 Å². The van der Waals surface area contributed by atoms with Crippen molar-refractivity contribution in [1.82, 2.24) is 4.90 Å². The highest BCUT2D eigenvalue weighted by Gasteiger charge is 2.35. The maximum Gasteiger partial charge on any atom is 0.406 e. The van der Waals surface area contributed by atoms with Gasteiger partial charge < -0.3 is 10.0 Å². The number of aliphatic carboxylic acids is 1. The zero-order valence-electron chi connectivity index (χ0n) is 9.00. The molecule has 1 amide bonds. The van der Waals surface area contributed by atoms with Gasteiger partial charge in [-0.05, 0) is 37.9 Å². The highest BCUT2D eigenvalue weighted by atomic mass is 79.9. The van der Waals surface area contributed by atoms with E-state index in [4.69, 9.17) is 5.11 Å². The minimum Gasteiger partial charge on any atom is -0.480 e.